The van der Waals surface area contributed by atoms with E-state index in [1.165, 1.54) is 13.0 Å². The Morgan fingerprint density at radius 3 is 2.14 bits per heavy atom. The summed E-state index contributed by atoms with van der Waals surface area (Å²) in [6.07, 6.45) is 0. The first-order chi connectivity index (χ1) is 16.2. The third kappa shape index (κ3) is 4.50. The van der Waals surface area contributed by atoms with Gasteiger partial charge in [-0.25, -0.2) is 35.6 Å². The fourth-order valence-corrected chi connectivity index (χ4v) is 4.97. The number of fused-ring (bicyclic) bond motifs is 1. The summed E-state index contributed by atoms with van der Waals surface area (Å²) < 4.78 is 120. The highest BCUT2D eigenvalue weighted by Crippen LogP contribution is 2.35. The van der Waals surface area contributed by atoms with Gasteiger partial charge < -0.3 is 4.42 Å². The van der Waals surface area contributed by atoms with Gasteiger partial charge in [-0.1, -0.05) is 6.92 Å². The lowest BCUT2D eigenvalue weighted by atomic mass is 10.1. The highest BCUT2D eigenvalue weighted by Gasteiger charge is 2.47. The third-order valence-electron chi connectivity index (χ3n) is 4.91. The van der Waals surface area contributed by atoms with E-state index in [2.05, 4.69) is 9.97 Å². The molecule has 0 saturated heterocycles. The molecular formula is C21H13F5N2O5S2. The summed E-state index contributed by atoms with van der Waals surface area (Å²) in [4.78, 5) is 6.65. The number of hydrogen-bond donors (Lipinski definition) is 0. The van der Waals surface area contributed by atoms with Crippen molar-refractivity contribution in [2.45, 2.75) is 22.2 Å². The van der Waals surface area contributed by atoms with Crippen LogP contribution in [0.1, 0.15) is 6.92 Å². The van der Waals surface area contributed by atoms with E-state index in [0.29, 0.717) is 18.2 Å². The molecule has 2 heterocycles. The number of nitrogens with zero attached hydrogens (tertiary/aromatic N) is 2. The first kappa shape index (κ1) is 24.7. The Morgan fingerprint density at radius 2 is 1.54 bits per heavy atom. The van der Waals surface area contributed by atoms with Crippen molar-refractivity contribution < 1.29 is 43.2 Å². The fraction of sp³-hybridized carbons (Fsp3) is 0.143. The molecule has 0 radical (unpaired) electrons. The number of oxazole rings is 1. The maximum Gasteiger partial charge on any atom is 0.501 e. The minimum absolute atomic E-state index is 0.0288. The molecule has 0 spiro atoms. The van der Waals surface area contributed by atoms with Crippen LogP contribution >= 0.6 is 0 Å². The van der Waals surface area contributed by atoms with Crippen LogP contribution in [-0.4, -0.2) is 38.1 Å². The van der Waals surface area contributed by atoms with E-state index in [0.717, 1.165) is 24.3 Å². The van der Waals surface area contributed by atoms with Gasteiger partial charge in [0.1, 0.15) is 22.8 Å². The highest BCUT2D eigenvalue weighted by atomic mass is 32.2. The summed E-state index contributed by atoms with van der Waals surface area (Å²) >= 11 is 0. The Kier molecular flexibility index (Phi) is 5.92. The van der Waals surface area contributed by atoms with Crippen molar-refractivity contribution in [1.82, 2.24) is 9.97 Å². The van der Waals surface area contributed by atoms with E-state index >= 15 is 0 Å². The lowest BCUT2D eigenvalue weighted by molar-refractivity contribution is -0.0436. The van der Waals surface area contributed by atoms with Gasteiger partial charge in [-0.15, -0.1) is 0 Å². The van der Waals surface area contributed by atoms with Crippen LogP contribution in [0.25, 0.3) is 33.9 Å². The van der Waals surface area contributed by atoms with Crippen LogP contribution in [0, 0.1) is 11.6 Å². The van der Waals surface area contributed by atoms with Crippen LogP contribution in [0.4, 0.5) is 22.0 Å². The lowest BCUT2D eigenvalue weighted by Crippen LogP contribution is -2.23. The zero-order chi connectivity index (χ0) is 25.8. The van der Waals surface area contributed by atoms with Crippen molar-refractivity contribution in [3.05, 3.63) is 60.2 Å². The van der Waals surface area contributed by atoms with Gasteiger partial charge in [-0.3, -0.25) is 0 Å². The highest BCUT2D eigenvalue weighted by molar-refractivity contribution is 7.92. The quantitative estimate of drug-likeness (QED) is 0.336. The molecule has 0 fully saturated rings. The summed E-state index contributed by atoms with van der Waals surface area (Å²) in [6.45, 7) is 1.36. The molecule has 184 valence electrons. The number of benzene rings is 2. The molecule has 0 aliphatic rings. The maximum absolute atomic E-state index is 13.7. The van der Waals surface area contributed by atoms with Crippen molar-refractivity contribution in [3.8, 4) is 22.8 Å². The molecule has 35 heavy (non-hydrogen) atoms. The van der Waals surface area contributed by atoms with Gasteiger partial charge in [-0.05, 0) is 42.5 Å². The van der Waals surface area contributed by atoms with Crippen LogP contribution < -0.4 is 0 Å². The molecule has 0 amide bonds. The molecule has 0 aliphatic carbocycles. The second kappa shape index (κ2) is 8.37. The molecule has 0 bridgehead atoms. The lowest BCUT2D eigenvalue weighted by Gasteiger charge is -2.09. The zero-order valence-electron chi connectivity index (χ0n) is 17.5. The van der Waals surface area contributed by atoms with E-state index in [9.17, 15) is 38.8 Å². The summed E-state index contributed by atoms with van der Waals surface area (Å²) in [7, 11) is -9.61. The van der Waals surface area contributed by atoms with Crippen LogP contribution in [0.2, 0.25) is 0 Å². The van der Waals surface area contributed by atoms with E-state index in [1.807, 2.05) is 0 Å². The molecule has 0 atom stereocenters. The standard InChI is InChI=1S/C21H13F5N2O5S2/c1-2-34(29,30)18-6-4-15(11-7-12(22)9-13(23)8-11)27-19(18)20-28-16-10-14(3-5-17(16)33-20)35(31,32)21(24,25)26/h3-10H,2H2,1H3. The topological polar surface area (TPSA) is 107 Å². The van der Waals surface area contributed by atoms with Gasteiger partial charge in [0.25, 0.3) is 9.84 Å². The Hall–Kier alpha value is -3.39. The number of halogens is 5. The summed E-state index contributed by atoms with van der Waals surface area (Å²) in [5.74, 6) is -2.63. The fourth-order valence-electron chi connectivity index (χ4n) is 3.18. The minimum Gasteiger partial charge on any atom is -0.435 e. The van der Waals surface area contributed by atoms with Gasteiger partial charge in [0.05, 0.1) is 21.2 Å². The normalized spacial score (nSPS) is 12.9. The molecule has 0 saturated carbocycles. The molecule has 4 aromatic rings. The average molecular weight is 532 g/mol. The van der Waals surface area contributed by atoms with Crippen LogP contribution in [-0.2, 0) is 19.7 Å². The van der Waals surface area contributed by atoms with Crippen LogP contribution in [0.15, 0.2) is 62.7 Å². The van der Waals surface area contributed by atoms with Gasteiger partial charge in [0, 0.05) is 11.6 Å². The number of rotatable bonds is 5. The third-order valence-corrected chi connectivity index (χ3v) is 8.15. The smallest absolute Gasteiger partial charge is 0.435 e. The Labute approximate surface area is 195 Å². The molecule has 0 unspecified atom stereocenters. The number of aromatic nitrogens is 2. The number of pyridine rings is 1. The minimum atomic E-state index is -5.67. The van der Waals surface area contributed by atoms with Crippen molar-refractivity contribution >= 4 is 30.8 Å². The molecule has 0 aliphatic heterocycles. The summed E-state index contributed by atoms with van der Waals surface area (Å²) in [5, 5.41) is 0. The van der Waals surface area contributed by atoms with Crippen molar-refractivity contribution in [2.75, 3.05) is 5.75 Å². The van der Waals surface area contributed by atoms with Crippen LogP contribution in [0.3, 0.4) is 0 Å². The number of alkyl halides is 3. The van der Waals surface area contributed by atoms with E-state index in [1.54, 1.807) is 0 Å². The largest absolute Gasteiger partial charge is 0.501 e. The molecular weight excluding hydrogens is 519 g/mol. The predicted octanol–water partition coefficient (Wildman–Crippen LogP) is 4.92. The summed E-state index contributed by atoms with van der Waals surface area (Å²) in [5.41, 5.74) is -6.45. The second-order valence-corrected chi connectivity index (χ2v) is 11.4. The van der Waals surface area contributed by atoms with Gasteiger partial charge in [0.15, 0.2) is 15.4 Å². The van der Waals surface area contributed by atoms with Crippen molar-refractivity contribution in [2.24, 2.45) is 0 Å². The second-order valence-electron chi connectivity index (χ2n) is 7.20. The van der Waals surface area contributed by atoms with Crippen LogP contribution in [0.5, 0.6) is 0 Å². The van der Waals surface area contributed by atoms with E-state index in [4.69, 9.17) is 4.42 Å². The maximum atomic E-state index is 13.7. The van der Waals surface area contributed by atoms with E-state index < -0.39 is 47.6 Å². The number of hydrogen-bond acceptors (Lipinski definition) is 7. The first-order valence-corrected chi connectivity index (χ1v) is 12.8. The number of sulfone groups is 2. The molecule has 2 aromatic heterocycles. The monoisotopic (exact) mass is 532 g/mol. The molecule has 14 heteroatoms. The van der Waals surface area contributed by atoms with Crippen molar-refractivity contribution in [3.63, 3.8) is 0 Å². The molecule has 2 aromatic carbocycles. The average Bonchev–Trinajstić information content (AvgIpc) is 3.20. The Morgan fingerprint density at radius 1 is 0.886 bits per heavy atom. The van der Waals surface area contributed by atoms with Gasteiger partial charge >= 0.3 is 5.51 Å². The first-order valence-electron chi connectivity index (χ1n) is 9.65. The van der Waals surface area contributed by atoms with Crippen molar-refractivity contribution in [1.29, 1.82) is 0 Å². The predicted molar refractivity (Wildman–Crippen MR) is 114 cm³/mol. The van der Waals surface area contributed by atoms with E-state index in [-0.39, 0.29) is 38.7 Å². The molecule has 4 rings (SSSR count). The molecule has 7 nitrogen and oxygen atoms in total. The zero-order valence-corrected chi connectivity index (χ0v) is 19.1. The SMILES string of the molecule is CCS(=O)(=O)c1ccc(-c2cc(F)cc(F)c2)nc1-c1nc2cc(S(=O)(=O)C(F)(F)F)ccc2o1. The van der Waals surface area contributed by atoms with Gasteiger partial charge in [-0.2, -0.15) is 13.2 Å². The van der Waals surface area contributed by atoms with Gasteiger partial charge in [0.2, 0.25) is 5.89 Å². The molecule has 0 N–H and O–H groups in total. The Bertz CT molecular complexity index is 1660. The summed E-state index contributed by atoms with van der Waals surface area (Å²) in [6, 6.07) is 7.14. The Balaban J connectivity index is 1.94.